The third kappa shape index (κ3) is 3.65. The Balaban J connectivity index is 1.70. The standard InChI is InChI=1S/C33H15N3S3/c34-16-22-23(17-35)31(28-13-19-7-1-4-10-25(19)37-28)33(30-15-21-9-3-6-12-27(21)39-30)32(24(22)18-36)29-14-20-8-2-5-11-26(20)38-29/h1-15H. The number of hydrogen-bond acceptors (Lipinski definition) is 6. The van der Waals surface area contributed by atoms with Crippen LogP contribution >= 0.6 is 34.0 Å². The maximum Gasteiger partial charge on any atom is 0.102 e. The average Bonchev–Trinajstić information content (AvgIpc) is 3.71. The number of nitrogens with zero attached hydrogens (tertiary/aromatic N) is 3. The SMILES string of the molecule is N#Cc1c(C#N)c(-c2cc3ccccc3s2)c(-c2cc3ccccc3s2)c(-c2cc3ccccc3s2)c1C#N. The molecule has 7 aromatic rings. The Kier molecular flexibility index (Phi) is 5.51. The van der Waals surface area contributed by atoms with E-state index in [1.54, 1.807) is 34.0 Å². The Hall–Kier alpha value is -4.77. The van der Waals surface area contributed by atoms with Crippen LogP contribution in [-0.4, -0.2) is 0 Å². The first-order valence-electron chi connectivity index (χ1n) is 12.1. The first-order chi connectivity index (χ1) is 19.2. The highest BCUT2D eigenvalue weighted by Gasteiger charge is 2.29. The van der Waals surface area contributed by atoms with Crippen molar-refractivity contribution in [3.8, 4) is 49.5 Å². The van der Waals surface area contributed by atoms with E-state index < -0.39 is 0 Å². The normalized spacial score (nSPS) is 11.0. The Labute approximate surface area is 236 Å². The molecule has 0 N–H and O–H groups in total. The summed E-state index contributed by atoms with van der Waals surface area (Å²) in [6.45, 7) is 0. The van der Waals surface area contributed by atoms with Gasteiger partial charge in [-0.2, -0.15) is 15.8 Å². The van der Waals surface area contributed by atoms with Crippen molar-refractivity contribution < 1.29 is 0 Å². The van der Waals surface area contributed by atoms with Crippen LogP contribution in [0.4, 0.5) is 0 Å². The molecule has 0 saturated carbocycles. The Bertz CT molecular complexity index is 2010. The van der Waals surface area contributed by atoms with Gasteiger partial charge in [0.15, 0.2) is 0 Å². The smallest absolute Gasteiger partial charge is 0.102 e. The van der Waals surface area contributed by atoms with Crippen LogP contribution in [0.2, 0.25) is 0 Å². The zero-order chi connectivity index (χ0) is 26.5. The molecule has 0 unspecified atom stereocenters. The molecule has 0 aliphatic heterocycles. The summed E-state index contributed by atoms with van der Waals surface area (Å²) in [7, 11) is 0. The number of hydrogen-bond donors (Lipinski definition) is 0. The van der Waals surface area contributed by atoms with Gasteiger partial charge in [-0.25, -0.2) is 0 Å². The number of benzene rings is 4. The molecule has 0 radical (unpaired) electrons. The summed E-state index contributed by atoms with van der Waals surface area (Å²) in [5.41, 5.74) is 2.89. The fourth-order valence-electron chi connectivity index (χ4n) is 5.14. The summed E-state index contributed by atoms with van der Waals surface area (Å²) in [5.74, 6) is 0. The molecule has 7 rings (SSSR count). The van der Waals surface area contributed by atoms with Crippen molar-refractivity contribution >= 4 is 64.3 Å². The fourth-order valence-corrected chi connectivity index (χ4v) is 8.50. The minimum atomic E-state index is 0.129. The summed E-state index contributed by atoms with van der Waals surface area (Å²) in [6, 6.07) is 37.6. The summed E-state index contributed by atoms with van der Waals surface area (Å²) >= 11 is 4.84. The summed E-state index contributed by atoms with van der Waals surface area (Å²) in [4.78, 5) is 2.78. The Morgan fingerprint density at radius 3 is 1.08 bits per heavy atom. The fraction of sp³-hybridized carbons (Fsp3) is 0. The predicted octanol–water partition coefficient (Wildman–Crippen LogP) is 9.95. The summed E-state index contributed by atoms with van der Waals surface area (Å²) in [6.07, 6.45) is 0. The molecule has 180 valence electrons. The molecule has 0 fully saturated rings. The second kappa shape index (κ2) is 9.21. The summed E-state index contributed by atoms with van der Waals surface area (Å²) < 4.78 is 3.33. The van der Waals surface area contributed by atoms with E-state index in [0.717, 1.165) is 50.5 Å². The van der Waals surface area contributed by atoms with Crippen LogP contribution in [0.25, 0.3) is 61.6 Å². The molecule has 39 heavy (non-hydrogen) atoms. The van der Waals surface area contributed by atoms with Gasteiger partial charge < -0.3 is 0 Å². The summed E-state index contributed by atoms with van der Waals surface area (Å²) in [5, 5.41) is 34.5. The molecule has 0 atom stereocenters. The molecule has 0 amide bonds. The molecule has 3 nitrogen and oxygen atoms in total. The highest BCUT2D eigenvalue weighted by Crippen LogP contribution is 2.52. The van der Waals surface area contributed by atoms with Crippen molar-refractivity contribution in [1.82, 2.24) is 0 Å². The van der Waals surface area contributed by atoms with Gasteiger partial charge in [-0.1, -0.05) is 54.6 Å². The Morgan fingerprint density at radius 1 is 0.410 bits per heavy atom. The van der Waals surface area contributed by atoms with Crippen molar-refractivity contribution in [3.63, 3.8) is 0 Å². The van der Waals surface area contributed by atoms with E-state index >= 15 is 0 Å². The quantitative estimate of drug-likeness (QED) is 0.220. The van der Waals surface area contributed by atoms with Gasteiger partial charge in [-0.3, -0.25) is 0 Å². The van der Waals surface area contributed by atoms with Crippen molar-refractivity contribution in [2.45, 2.75) is 0 Å². The van der Waals surface area contributed by atoms with E-state index in [0.29, 0.717) is 11.1 Å². The van der Waals surface area contributed by atoms with Crippen LogP contribution in [0, 0.1) is 34.0 Å². The zero-order valence-electron chi connectivity index (χ0n) is 20.2. The lowest BCUT2D eigenvalue weighted by molar-refractivity contribution is 1.40. The predicted molar refractivity (Wildman–Crippen MR) is 163 cm³/mol. The molecule has 3 aromatic heterocycles. The number of nitriles is 3. The highest BCUT2D eigenvalue weighted by atomic mass is 32.1. The van der Waals surface area contributed by atoms with Gasteiger partial charge in [0.25, 0.3) is 0 Å². The van der Waals surface area contributed by atoms with Crippen molar-refractivity contribution in [3.05, 3.63) is 108 Å². The molecular weight excluding hydrogens is 535 g/mol. The first-order valence-corrected chi connectivity index (χ1v) is 14.6. The molecule has 0 saturated heterocycles. The molecular formula is C33H15N3S3. The van der Waals surface area contributed by atoms with Crippen molar-refractivity contribution in [1.29, 1.82) is 15.8 Å². The van der Waals surface area contributed by atoms with E-state index in [1.807, 2.05) is 36.4 Å². The van der Waals surface area contributed by atoms with Gasteiger partial charge in [0.1, 0.15) is 18.2 Å². The van der Waals surface area contributed by atoms with E-state index in [-0.39, 0.29) is 16.7 Å². The Morgan fingerprint density at radius 2 is 0.744 bits per heavy atom. The zero-order valence-corrected chi connectivity index (χ0v) is 22.7. The monoisotopic (exact) mass is 549 g/mol. The molecule has 0 aliphatic carbocycles. The maximum atomic E-state index is 10.5. The largest absolute Gasteiger partial charge is 0.192 e. The maximum absolute atomic E-state index is 10.5. The number of rotatable bonds is 3. The van der Waals surface area contributed by atoms with Crippen LogP contribution < -0.4 is 0 Å². The topological polar surface area (TPSA) is 71.4 Å². The van der Waals surface area contributed by atoms with Crippen LogP contribution in [0.5, 0.6) is 0 Å². The number of thiophene rings is 3. The van der Waals surface area contributed by atoms with E-state index in [1.165, 1.54) is 0 Å². The third-order valence-corrected chi connectivity index (χ3v) is 10.3. The van der Waals surface area contributed by atoms with Crippen LogP contribution in [-0.2, 0) is 0 Å². The van der Waals surface area contributed by atoms with Gasteiger partial charge in [0, 0.05) is 45.4 Å². The van der Waals surface area contributed by atoms with E-state index in [2.05, 4.69) is 72.8 Å². The lowest BCUT2D eigenvalue weighted by atomic mass is 9.85. The van der Waals surface area contributed by atoms with Gasteiger partial charge >= 0.3 is 0 Å². The lowest BCUT2D eigenvalue weighted by Gasteiger charge is -2.17. The molecule has 0 spiro atoms. The molecule has 6 heteroatoms. The molecule has 3 heterocycles. The van der Waals surface area contributed by atoms with E-state index in [4.69, 9.17) is 0 Å². The lowest BCUT2D eigenvalue weighted by Crippen LogP contribution is -2.00. The van der Waals surface area contributed by atoms with Crippen LogP contribution in [0.3, 0.4) is 0 Å². The van der Waals surface area contributed by atoms with Gasteiger partial charge in [0.05, 0.1) is 16.7 Å². The van der Waals surface area contributed by atoms with Crippen molar-refractivity contribution in [2.24, 2.45) is 0 Å². The molecule has 0 bridgehead atoms. The average molecular weight is 550 g/mol. The molecule has 0 aliphatic rings. The minimum absolute atomic E-state index is 0.129. The van der Waals surface area contributed by atoms with Crippen LogP contribution in [0.15, 0.2) is 91.0 Å². The van der Waals surface area contributed by atoms with Gasteiger partial charge in [-0.15, -0.1) is 34.0 Å². The second-order valence-corrected chi connectivity index (χ2v) is 12.3. The van der Waals surface area contributed by atoms with Crippen molar-refractivity contribution in [2.75, 3.05) is 0 Å². The molecule has 4 aromatic carbocycles. The van der Waals surface area contributed by atoms with Gasteiger partial charge in [-0.05, 0) is 52.6 Å². The number of fused-ring (bicyclic) bond motifs is 3. The van der Waals surface area contributed by atoms with E-state index in [9.17, 15) is 15.8 Å². The first kappa shape index (κ1) is 23.4. The highest BCUT2D eigenvalue weighted by molar-refractivity contribution is 7.24. The van der Waals surface area contributed by atoms with Gasteiger partial charge in [0.2, 0.25) is 0 Å². The second-order valence-electron chi connectivity index (χ2n) is 9.03. The minimum Gasteiger partial charge on any atom is -0.192 e. The third-order valence-electron chi connectivity index (χ3n) is 6.85. The van der Waals surface area contributed by atoms with Crippen LogP contribution in [0.1, 0.15) is 16.7 Å².